The minimum Gasteiger partial charge on any atom is -0.398 e. The average molecular weight is 263 g/mol. The maximum Gasteiger partial charge on any atom is 0.0704 e. The fourth-order valence-electron chi connectivity index (χ4n) is 0.959. The van der Waals surface area contributed by atoms with E-state index in [1.165, 1.54) is 0 Å². The molecule has 0 aliphatic rings. The van der Waals surface area contributed by atoms with Crippen LogP contribution in [-0.2, 0) is 6.61 Å². The molecule has 1 rings (SSSR count). The first kappa shape index (κ1) is 8.80. The molecule has 0 aromatic heterocycles. The van der Waals surface area contributed by atoms with Crippen molar-refractivity contribution in [3.63, 3.8) is 0 Å². The third-order valence-corrected chi connectivity index (χ3v) is 2.90. The Morgan fingerprint density at radius 2 is 2.18 bits per heavy atom. The summed E-state index contributed by atoms with van der Waals surface area (Å²) in [5.41, 5.74) is 8.23. The molecule has 0 heterocycles. The zero-order valence-corrected chi connectivity index (χ0v) is 8.42. The van der Waals surface area contributed by atoms with Gasteiger partial charge in [0.05, 0.1) is 6.61 Å². The first-order valence-electron chi connectivity index (χ1n) is 3.31. The van der Waals surface area contributed by atoms with E-state index in [-0.39, 0.29) is 6.61 Å². The summed E-state index contributed by atoms with van der Waals surface area (Å²) in [4.78, 5) is 0. The first-order chi connectivity index (χ1) is 5.16. The van der Waals surface area contributed by atoms with Crippen LogP contribution in [-0.4, -0.2) is 5.11 Å². The molecule has 0 spiro atoms. The lowest BCUT2D eigenvalue weighted by Gasteiger charge is -2.07. The third-order valence-electron chi connectivity index (χ3n) is 1.73. The van der Waals surface area contributed by atoms with Crippen molar-refractivity contribution in [1.29, 1.82) is 0 Å². The predicted molar refractivity (Wildman–Crippen MR) is 54.2 cm³/mol. The minimum atomic E-state index is 0.0223. The van der Waals surface area contributed by atoms with Crippen LogP contribution in [0.3, 0.4) is 0 Å². The molecule has 0 bridgehead atoms. The molecule has 1 aromatic rings. The molecule has 0 aliphatic carbocycles. The van der Waals surface area contributed by atoms with Crippen molar-refractivity contribution in [3.8, 4) is 0 Å². The maximum absolute atomic E-state index is 8.94. The molecular formula is C8H10INO. The zero-order chi connectivity index (χ0) is 8.43. The van der Waals surface area contributed by atoms with Crippen LogP contribution in [0.5, 0.6) is 0 Å². The van der Waals surface area contributed by atoms with Crippen molar-refractivity contribution < 1.29 is 5.11 Å². The van der Waals surface area contributed by atoms with Gasteiger partial charge in [0, 0.05) is 14.8 Å². The Balaban J connectivity index is 3.29. The van der Waals surface area contributed by atoms with Crippen molar-refractivity contribution in [2.24, 2.45) is 0 Å². The van der Waals surface area contributed by atoms with Crippen LogP contribution in [0, 0.1) is 10.5 Å². The van der Waals surface area contributed by atoms with E-state index < -0.39 is 0 Å². The molecule has 0 radical (unpaired) electrons. The number of hydrogen-bond donors (Lipinski definition) is 2. The molecular weight excluding hydrogens is 253 g/mol. The SMILES string of the molecule is Cc1c(I)ccc(N)c1CO. The Hall–Kier alpha value is -0.290. The number of rotatable bonds is 1. The Labute approximate surface area is 79.6 Å². The number of aliphatic hydroxyl groups excluding tert-OH is 1. The molecule has 0 aliphatic heterocycles. The van der Waals surface area contributed by atoms with Gasteiger partial charge < -0.3 is 10.8 Å². The molecule has 0 unspecified atom stereocenters. The van der Waals surface area contributed by atoms with Crippen molar-refractivity contribution >= 4 is 28.3 Å². The van der Waals surface area contributed by atoms with Gasteiger partial charge in [-0.1, -0.05) is 0 Å². The number of halogens is 1. The number of hydrogen-bond acceptors (Lipinski definition) is 2. The number of anilines is 1. The van der Waals surface area contributed by atoms with Crippen molar-refractivity contribution in [2.75, 3.05) is 5.73 Å². The van der Waals surface area contributed by atoms with E-state index in [0.717, 1.165) is 14.7 Å². The van der Waals surface area contributed by atoms with Crippen LogP contribution in [0.2, 0.25) is 0 Å². The van der Waals surface area contributed by atoms with Gasteiger partial charge in [0.2, 0.25) is 0 Å². The second kappa shape index (κ2) is 3.40. The summed E-state index contributed by atoms with van der Waals surface area (Å²) in [6, 6.07) is 3.77. The molecule has 0 saturated heterocycles. The summed E-state index contributed by atoms with van der Waals surface area (Å²) in [5.74, 6) is 0. The number of nitrogens with two attached hydrogens (primary N) is 1. The molecule has 1 aromatic carbocycles. The summed E-state index contributed by atoms with van der Waals surface area (Å²) in [5, 5.41) is 8.94. The third kappa shape index (κ3) is 1.65. The van der Waals surface area contributed by atoms with Crippen LogP contribution < -0.4 is 5.73 Å². The second-order valence-corrected chi connectivity index (χ2v) is 3.56. The predicted octanol–water partition coefficient (Wildman–Crippen LogP) is 1.67. The molecule has 0 amide bonds. The van der Waals surface area contributed by atoms with E-state index in [2.05, 4.69) is 22.6 Å². The zero-order valence-electron chi connectivity index (χ0n) is 6.26. The van der Waals surface area contributed by atoms with E-state index in [1.54, 1.807) is 0 Å². The minimum absolute atomic E-state index is 0.0223. The molecule has 0 atom stereocenters. The van der Waals surface area contributed by atoms with E-state index in [4.69, 9.17) is 10.8 Å². The van der Waals surface area contributed by atoms with Crippen LogP contribution in [0.25, 0.3) is 0 Å². The Morgan fingerprint density at radius 3 is 2.64 bits per heavy atom. The van der Waals surface area contributed by atoms with Gasteiger partial charge in [0.15, 0.2) is 0 Å². The first-order valence-corrected chi connectivity index (χ1v) is 4.39. The van der Waals surface area contributed by atoms with Crippen molar-refractivity contribution in [3.05, 3.63) is 26.8 Å². The summed E-state index contributed by atoms with van der Waals surface area (Å²) in [6.07, 6.45) is 0. The van der Waals surface area contributed by atoms with Gasteiger partial charge in [-0.25, -0.2) is 0 Å². The van der Waals surface area contributed by atoms with E-state index in [0.29, 0.717) is 5.69 Å². The molecule has 0 fully saturated rings. The lowest BCUT2D eigenvalue weighted by atomic mass is 10.1. The number of nitrogen functional groups attached to an aromatic ring is 1. The topological polar surface area (TPSA) is 46.2 Å². The smallest absolute Gasteiger partial charge is 0.0704 e. The summed E-state index contributed by atoms with van der Waals surface area (Å²) < 4.78 is 1.14. The van der Waals surface area contributed by atoms with Gasteiger partial charge in [-0.3, -0.25) is 0 Å². The highest BCUT2D eigenvalue weighted by Gasteiger charge is 2.03. The maximum atomic E-state index is 8.94. The Kier molecular flexibility index (Phi) is 2.72. The Bertz CT molecular complexity index is 273. The number of aliphatic hydroxyl groups is 1. The largest absolute Gasteiger partial charge is 0.398 e. The quantitative estimate of drug-likeness (QED) is 0.598. The lowest BCUT2D eigenvalue weighted by molar-refractivity contribution is 0.281. The lowest BCUT2D eigenvalue weighted by Crippen LogP contribution is -1.98. The van der Waals surface area contributed by atoms with Gasteiger partial charge in [-0.2, -0.15) is 0 Å². The molecule has 3 N–H and O–H groups in total. The summed E-state index contributed by atoms with van der Waals surface area (Å²) >= 11 is 2.22. The van der Waals surface area contributed by atoms with Crippen LogP contribution in [0.1, 0.15) is 11.1 Å². The second-order valence-electron chi connectivity index (χ2n) is 2.40. The van der Waals surface area contributed by atoms with Crippen molar-refractivity contribution in [2.45, 2.75) is 13.5 Å². The van der Waals surface area contributed by atoms with Crippen LogP contribution in [0.15, 0.2) is 12.1 Å². The van der Waals surface area contributed by atoms with E-state index in [1.807, 2.05) is 19.1 Å². The molecule has 11 heavy (non-hydrogen) atoms. The Morgan fingerprint density at radius 1 is 1.55 bits per heavy atom. The average Bonchev–Trinajstić information content (AvgIpc) is 1.99. The van der Waals surface area contributed by atoms with Gasteiger partial charge in [0.1, 0.15) is 0 Å². The highest BCUT2D eigenvalue weighted by atomic mass is 127. The van der Waals surface area contributed by atoms with E-state index in [9.17, 15) is 0 Å². The monoisotopic (exact) mass is 263 g/mol. The fraction of sp³-hybridized carbons (Fsp3) is 0.250. The molecule has 2 nitrogen and oxygen atoms in total. The molecule has 60 valence electrons. The van der Waals surface area contributed by atoms with Crippen molar-refractivity contribution in [1.82, 2.24) is 0 Å². The summed E-state index contributed by atoms with van der Waals surface area (Å²) in [7, 11) is 0. The van der Waals surface area contributed by atoms with Gasteiger partial charge >= 0.3 is 0 Å². The highest BCUT2D eigenvalue weighted by molar-refractivity contribution is 14.1. The summed E-state index contributed by atoms with van der Waals surface area (Å²) in [6.45, 7) is 1.98. The van der Waals surface area contributed by atoms with Gasteiger partial charge in [0.25, 0.3) is 0 Å². The molecule has 0 saturated carbocycles. The van der Waals surface area contributed by atoms with Crippen LogP contribution in [0.4, 0.5) is 5.69 Å². The normalized spacial score (nSPS) is 10.1. The van der Waals surface area contributed by atoms with E-state index >= 15 is 0 Å². The number of benzene rings is 1. The highest BCUT2D eigenvalue weighted by Crippen LogP contribution is 2.21. The standard InChI is InChI=1S/C8H10INO/c1-5-6(4-11)8(10)3-2-7(5)9/h2-3,11H,4,10H2,1H3. The molecule has 3 heteroatoms. The fourth-order valence-corrected chi connectivity index (χ4v) is 1.46. The van der Waals surface area contributed by atoms with Crippen LogP contribution >= 0.6 is 22.6 Å². The van der Waals surface area contributed by atoms with Gasteiger partial charge in [-0.15, -0.1) is 0 Å². The van der Waals surface area contributed by atoms with Gasteiger partial charge in [-0.05, 0) is 47.2 Å².